The maximum atomic E-state index is 13.1. The van der Waals surface area contributed by atoms with Crippen LogP contribution in [0.3, 0.4) is 0 Å². The molecule has 7 rings (SSSR count). The Morgan fingerprint density at radius 3 is 2.73 bits per heavy atom. The number of hydrogen-bond donors (Lipinski definition) is 0. The van der Waals surface area contributed by atoms with Crippen LogP contribution in [0.25, 0.3) is 5.78 Å². The van der Waals surface area contributed by atoms with E-state index in [9.17, 15) is 4.79 Å². The molecule has 2 aliphatic heterocycles. The van der Waals surface area contributed by atoms with Crippen molar-refractivity contribution in [1.29, 1.82) is 0 Å². The molecule has 2 bridgehead atoms. The summed E-state index contributed by atoms with van der Waals surface area (Å²) in [5.74, 6) is 1.40. The van der Waals surface area contributed by atoms with Gasteiger partial charge in [-0.25, -0.2) is 9.97 Å². The van der Waals surface area contributed by atoms with Crippen LogP contribution in [0.5, 0.6) is 11.8 Å². The van der Waals surface area contributed by atoms with Gasteiger partial charge in [-0.05, 0) is 52.5 Å². The SMILES string of the molecule is CC(C)Oc1nc2nc(C34COC(C)(C3)C4)cn2cc1CC(=O)c1cccc(OC2CC2)n1. The minimum atomic E-state index is -0.108. The van der Waals surface area contributed by atoms with Crippen molar-refractivity contribution >= 4 is 11.6 Å². The van der Waals surface area contributed by atoms with Crippen molar-refractivity contribution in [3.63, 3.8) is 0 Å². The minimum absolute atomic E-state index is 0.0164. The summed E-state index contributed by atoms with van der Waals surface area (Å²) in [7, 11) is 0. The van der Waals surface area contributed by atoms with Gasteiger partial charge in [0, 0.05) is 35.9 Å². The first-order valence-corrected chi connectivity index (χ1v) is 11.7. The van der Waals surface area contributed by atoms with Gasteiger partial charge in [0.25, 0.3) is 0 Å². The van der Waals surface area contributed by atoms with Gasteiger partial charge in [0.05, 0.1) is 24.0 Å². The van der Waals surface area contributed by atoms with Crippen LogP contribution in [0.2, 0.25) is 0 Å². The Kier molecular flexibility index (Phi) is 4.52. The fraction of sp³-hybridized carbons (Fsp3) is 0.520. The summed E-state index contributed by atoms with van der Waals surface area (Å²) in [5, 5.41) is 0. The number of nitrogens with zero attached hydrogens (tertiary/aromatic N) is 4. The molecular weight excluding hydrogens is 420 g/mol. The van der Waals surface area contributed by atoms with Gasteiger partial charge in [0.2, 0.25) is 17.5 Å². The Morgan fingerprint density at radius 1 is 1.21 bits per heavy atom. The number of Topliss-reactive ketones (excluding diaryl/α,β-unsaturated/α-hetero) is 1. The Hall–Kier alpha value is -3.00. The van der Waals surface area contributed by atoms with Gasteiger partial charge in [0.15, 0.2) is 5.78 Å². The summed E-state index contributed by atoms with van der Waals surface area (Å²) in [6.07, 6.45) is 8.26. The number of fused-ring (bicyclic) bond motifs is 2. The molecule has 33 heavy (non-hydrogen) atoms. The lowest BCUT2D eigenvalue weighted by atomic mass is 9.62. The quantitative estimate of drug-likeness (QED) is 0.486. The second-order valence-corrected chi connectivity index (χ2v) is 10.2. The molecule has 3 aromatic heterocycles. The van der Waals surface area contributed by atoms with Gasteiger partial charge in [-0.1, -0.05) is 6.07 Å². The molecule has 4 aliphatic rings. The average Bonchev–Trinajstić information content (AvgIpc) is 3.21. The number of carbonyl (C=O) groups is 1. The number of ketones is 1. The molecule has 0 atom stereocenters. The van der Waals surface area contributed by atoms with Crippen molar-refractivity contribution in [2.24, 2.45) is 0 Å². The van der Waals surface area contributed by atoms with Crippen molar-refractivity contribution in [3.05, 3.63) is 47.5 Å². The molecule has 2 saturated carbocycles. The monoisotopic (exact) mass is 448 g/mol. The molecule has 2 saturated heterocycles. The first kappa shape index (κ1) is 20.6. The number of aromatic nitrogens is 4. The van der Waals surface area contributed by atoms with Crippen LogP contribution >= 0.6 is 0 Å². The van der Waals surface area contributed by atoms with Crippen molar-refractivity contribution in [2.75, 3.05) is 6.61 Å². The van der Waals surface area contributed by atoms with Crippen LogP contribution in [0.4, 0.5) is 0 Å². The third-order valence-corrected chi connectivity index (χ3v) is 6.67. The van der Waals surface area contributed by atoms with E-state index in [1.807, 2.05) is 36.7 Å². The molecule has 0 aromatic carbocycles. The Labute approximate surface area is 192 Å². The molecule has 8 heteroatoms. The summed E-state index contributed by atoms with van der Waals surface area (Å²) in [6.45, 7) is 6.74. The van der Waals surface area contributed by atoms with E-state index in [0.717, 1.165) is 31.4 Å². The van der Waals surface area contributed by atoms with E-state index < -0.39 is 0 Å². The van der Waals surface area contributed by atoms with Crippen LogP contribution in [0, 0.1) is 0 Å². The number of rotatable bonds is 8. The third kappa shape index (κ3) is 3.76. The van der Waals surface area contributed by atoms with E-state index in [2.05, 4.69) is 16.9 Å². The zero-order valence-electron chi connectivity index (χ0n) is 19.2. The van der Waals surface area contributed by atoms with E-state index in [-0.39, 0.29) is 35.4 Å². The molecule has 0 spiro atoms. The van der Waals surface area contributed by atoms with Crippen LogP contribution < -0.4 is 9.47 Å². The van der Waals surface area contributed by atoms with Crippen molar-refractivity contribution in [2.45, 2.75) is 76.1 Å². The highest BCUT2D eigenvalue weighted by atomic mass is 16.5. The number of pyridine rings is 1. The molecule has 0 N–H and O–H groups in total. The second-order valence-electron chi connectivity index (χ2n) is 10.2. The Balaban J connectivity index is 1.30. The van der Waals surface area contributed by atoms with Crippen LogP contribution in [0.1, 0.15) is 68.2 Å². The second kappa shape index (κ2) is 7.25. The fourth-order valence-electron chi connectivity index (χ4n) is 5.06. The largest absolute Gasteiger partial charge is 0.475 e. The van der Waals surface area contributed by atoms with Gasteiger partial charge >= 0.3 is 0 Å². The molecule has 0 unspecified atom stereocenters. The van der Waals surface area contributed by atoms with Crippen LogP contribution in [-0.4, -0.2) is 49.6 Å². The highest BCUT2D eigenvalue weighted by Crippen LogP contribution is 2.58. The maximum Gasteiger partial charge on any atom is 0.237 e. The Morgan fingerprint density at radius 2 is 2.03 bits per heavy atom. The van der Waals surface area contributed by atoms with Crippen LogP contribution in [-0.2, 0) is 16.6 Å². The van der Waals surface area contributed by atoms with E-state index >= 15 is 0 Å². The summed E-state index contributed by atoms with van der Waals surface area (Å²) in [4.78, 5) is 27.0. The van der Waals surface area contributed by atoms with Gasteiger partial charge in [-0.3, -0.25) is 9.20 Å². The lowest BCUT2D eigenvalue weighted by Crippen LogP contribution is -2.45. The zero-order chi connectivity index (χ0) is 22.8. The fourth-order valence-corrected chi connectivity index (χ4v) is 5.06. The molecule has 8 nitrogen and oxygen atoms in total. The lowest BCUT2D eigenvalue weighted by Gasteiger charge is -2.41. The van der Waals surface area contributed by atoms with E-state index in [4.69, 9.17) is 19.2 Å². The molecule has 4 fully saturated rings. The van der Waals surface area contributed by atoms with Gasteiger partial charge in [-0.15, -0.1) is 0 Å². The van der Waals surface area contributed by atoms with E-state index in [1.165, 1.54) is 0 Å². The van der Waals surface area contributed by atoms with Crippen molar-refractivity contribution in [3.8, 4) is 11.8 Å². The molecule has 3 aromatic rings. The third-order valence-electron chi connectivity index (χ3n) is 6.67. The highest BCUT2D eigenvalue weighted by Gasteiger charge is 2.61. The summed E-state index contributed by atoms with van der Waals surface area (Å²) < 4.78 is 19.6. The van der Waals surface area contributed by atoms with E-state index in [1.54, 1.807) is 12.1 Å². The lowest BCUT2D eigenvalue weighted by molar-refractivity contribution is 0.0154. The van der Waals surface area contributed by atoms with Gasteiger partial charge in [0.1, 0.15) is 11.8 Å². The average molecular weight is 449 g/mol. The topological polar surface area (TPSA) is 87.8 Å². The number of ether oxygens (including phenoxy) is 3. The number of hydrogen-bond acceptors (Lipinski definition) is 7. The number of imidazole rings is 1. The smallest absolute Gasteiger partial charge is 0.237 e. The predicted molar refractivity (Wildman–Crippen MR) is 120 cm³/mol. The first-order valence-electron chi connectivity index (χ1n) is 11.7. The van der Waals surface area contributed by atoms with E-state index in [0.29, 0.717) is 35.4 Å². The van der Waals surface area contributed by atoms with Crippen molar-refractivity contribution in [1.82, 2.24) is 19.4 Å². The first-order chi connectivity index (χ1) is 15.8. The molecule has 2 aliphatic carbocycles. The standard InChI is InChI=1S/C25H28N4O4/c1-15(2)32-22-16(9-19(30)18-5-4-6-21(26-18)33-17-7-8-17)10-29-11-20(27-23(29)28-22)25-12-24(3,13-25)31-14-25/h4-6,10-11,15,17H,7-9,12-14H2,1-3H3. The zero-order valence-corrected chi connectivity index (χ0v) is 19.2. The van der Waals surface area contributed by atoms with Crippen LogP contribution in [0.15, 0.2) is 30.6 Å². The number of carbonyl (C=O) groups excluding carboxylic acids is 1. The maximum absolute atomic E-state index is 13.1. The predicted octanol–water partition coefficient (Wildman–Crippen LogP) is 3.70. The molecular formula is C25H28N4O4. The summed E-state index contributed by atoms with van der Waals surface area (Å²) in [6, 6.07) is 5.32. The summed E-state index contributed by atoms with van der Waals surface area (Å²) in [5.41, 5.74) is 2.04. The molecule has 5 heterocycles. The molecule has 0 amide bonds. The molecule has 0 radical (unpaired) electrons. The van der Waals surface area contributed by atoms with Gasteiger partial charge in [-0.2, -0.15) is 4.98 Å². The molecule has 172 valence electrons. The Bertz CT molecular complexity index is 1240. The minimum Gasteiger partial charge on any atom is -0.475 e. The summed E-state index contributed by atoms with van der Waals surface area (Å²) >= 11 is 0. The van der Waals surface area contributed by atoms with Gasteiger partial charge < -0.3 is 14.2 Å². The van der Waals surface area contributed by atoms with Crippen molar-refractivity contribution < 1.29 is 19.0 Å². The normalized spacial score (nSPS) is 25.9. The highest BCUT2D eigenvalue weighted by molar-refractivity contribution is 5.96.